The molecule has 1 aromatic rings. The first-order valence-corrected chi connectivity index (χ1v) is 10.3. The SMILES string of the molecule is CC(C)(C)OC(=O)N(Cc1cc(C(=O)O)c(CBr)c(C(F)(F)F)c1)C1(C)CCC1. The number of carboxylic acids is 1. The van der Waals surface area contributed by atoms with Crippen LogP contribution in [0.25, 0.3) is 0 Å². The predicted molar refractivity (Wildman–Crippen MR) is 105 cm³/mol. The molecule has 9 heteroatoms. The number of benzene rings is 1. The smallest absolute Gasteiger partial charge is 0.416 e. The molecule has 29 heavy (non-hydrogen) atoms. The van der Waals surface area contributed by atoms with Gasteiger partial charge in [-0.3, -0.25) is 4.90 Å². The van der Waals surface area contributed by atoms with E-state index in [0.717, 1.165) is 12.5 Å². The molecule has 1 amide bonds. The van der Waals surface area contributed by atoms with Gasteiger partial charge in [0.2, 0.25) is 0 Å². The molecule has 0 saturated heterocycles. The second-order valence-electron chi connectivity index (χ2n) is 8.52. The van der Waals surface area contributed by atoms with Crippen LogP contribution in [0, 0.1) is 0 Å². The Morgan fingerprint density at radius 2 is 1.83 bits per heavy atom. The van der Waals surface area contributed by atoms with Gasteiger partial charge in [0.25, 0.3) is 0 Å². The zero-order chi connectivity index (χ0) is 22.2. The van der Waals surface area contributed by atoms with Crippen molar-refractivity contribution in [1.29, 1.82) is 0 Å². The third-order valence-electron chi connectivity index (χ3n) is 5.02. The summed E-state index contributed by atoms with van der Waals surface area (Å²) in [6.45, 7) is 6.82. The van der Waals surface area contributed by atoms with Crippen LogP contribution in [-0.4, -0.2) is 33.2 Å². The van der Waals surface area contributed by atoms with Gasteiger partial charge in [0.15, 0.2) is 0 Å². The molecule has 5 nitrogen and oxygen atoms in total. The van der Waals surface area contributed by atoms with Gasteiger partial charge in [-0.1, -0.05) is 15.9 Å². The van der Waals surface area contributed by atoms with Crippen molar-refractivity contribution in [3.05, 3.63) is 34.4 Å². The fourth-order valence-electron chi connectivity index (χ4n) is 3.34. The summed E-state index contributed by atoms with van der Waals surface area (Å²) >= 11 is 2.96. The number of alkyl halides is 4. The second-order valence-corrected chi connectivity index (χ2v) is 9.08. The third-order valence-corrected chi connectivity index (χ3v) is 5.58. The maximum atomic E-state index is 13.6. The standard InChI is InChI=1S/C20H25BrF3NO4/c1-18(2,3)29-17(28)25(19(4)6-5-7-19)11-12-8-13(16(26)27)14(10-21)15(9-12)20(22,23)24/h8-9H,5-7,10-11H2,1-4H3,(H,26,27). The lowest BCUT2D eigenvalue weighted by Gasteiger charge is -2.48. The average Bonchev–Trinajstić information content (AvgIpc) is 2.54. The Morgan fingerprint density at radius 1 is 1.24 bits per heavy atom. The van der Waals surface area contributed by atoms with E-state index in [1.807, 2.05) is 6.92 Å². The minimum atomic E-state index is -4.72. The van der Waals surface area contributed by atoms with Crippen LogP contribution in [0.5, 0.6) is 0 Å². The van der Waals surface area contributed by atoms with E-state index in [1.54, 1.807) is 20.8 Å². The van der Waals surface area contributed by atoms with Crippen LogP contribution in [0.2, 0.25) is 0 Å². The molecule has 0 unspecified atom stereocenters. The number of hydrogen-bond donors (Lipinski definition) is 1. The molecule has 1 N–H and O–H groups in total. The number of carboxylic acid groups (broad SMARTS) is 1. The first-order chi connectivity index (χ1) is 13.2. The van der Waals surface area contributed by atoms with Gasteiger partial charge in [0.05, 0.1) is 11.1 Å². The number of rotatable bonds is 5. The van der Waals surface area contributed by atoms with Crippen LogP contribution in [0.1, 0.15) is 74.0 Å². The first-order valence-electron chi connectivity index (χ1n) is 9.21. The number of hydrogen-bond acceptors (Lipinski definition) is 3. The molecule has 0 bridgehead atoms. The van der Waals surface area contributed by atoms with Crippen molar-refractivity contribution in [2.24, 2.45) is 0 Å². The summed E-state index contributed by atoms with van der Waals surface area (Å²) in [7, 11) is 0. The van der Waals surface area contributed by atoms with Crippen LogP contribution >= 0.6 is 15.9 Å². The van der Waals surface area contributed by atoms with Crippen molar-refractivity contribution in [3.63, 3.8) is 0 Å². The quantitative estimate of drug-likeness (QED) is 0.527. The molecule has 0 aliphatic heterocycles. The topological polar surface area (TPSA) is 66.8 Å². The molecule has 0 heterocycles. The van der Waals surface area contributed by atoms with Gasteiger partial charge >= 0.3 is 18.2 Å². The zero-order valence-corrected chi connectivity index (χ0v) is 18.4. The monoisotopic (exact) mass is 479 g/mol. The Morgan fingerprint density at radius 3 is 2.21 bits per heavy atom. The number of ether oxygens (including phenoxy) is 1. The summed E-state index contributed by atoms with van der Waals surface area (Å²) in [5.41, 5.74) is -3.01. The number of carbonyl (C=O) groups is 2. The van der Waals surface area contributed by atoms with Gasteiger partial charge in [-0.05, 0) is 70.2 Å². The lowest BCUT2D eigenvalue weighted by molar-refractivity contribution is -0.138. The maximum Gasteiger partial charge on any atom is 0.416 e. The number of nitrogens with zero attached hydrogens (tertiary/aromatic N) is 1. The average molecular weight is 480 g/mol. The van der Waals surface area contributed by atoms with E-state index in [4.69, 9.17) is 4.74 Å². The number of halogens is 4. The Hall–Kier alpha value is -1.77. The largest absolute Gasteiger partial charge is 0.478 e. The van der Waals surface area contributed by atoms with Crippen molar-refractivity contribution in [2.75, 3.05) is 0 Å². The lowest BCUT2D eigenvalue weighted by Crippen LogP contribution is -2.54. The Kier molecular flexibility index (Phi) is 6.62. The molecule has 1 saturated carbocycles. The van der Waals surface area contributed by atoms with Crippen LogP contribution in [-0.2, 0) is 22.8 Å². The molecule has 1 fully saturated rings. The summed E-state index contributed by atoms with van der Waals surface area (Å²) in [6, 6.07) is 2.12. The van der Waals surface area contributed by atoms with E-state index in [1.165, 1.54) is 11.0 Å². The highest BCUT2D eigenvalue weighted by atomic mass is 79.9. The summed E-state index contributed by atoms with van der Waals surface area (Å²) in [5, 5.41) is 9.18. The molecule has 1 aliphatic carbocycles. The van der Waals surface area contributed by atoms with Crippen molar-refractivity contribution in [2.45, 2.75) is 76.1 Å². The van der Waals surface area contributed by atoms with Crippen molar-refractivity contribution >= 4 is 28.0 Å². The Bertz CT molecular complexity index is 798. The molecule has 1 aromatic carbocycles. The summed E-state index contributed by atoms with van der Waals surface area (Å²) in [5.74, 6) is -1.45. The highest BCUT2D eigenvalue weighted by Gasteiger charge is 2.43. The zero-order valence-electron chi connectivity index (χ0n) is 16.8. The van der Waals surface area contributed by atoms with Gasteiger partial charge in [0, 0.05) is 17.4 Å². The number of aromatic carboxylic acids is 1. The van der Waals surface area contributed by atoms with Crippen molar-refractivity contribution < 1.29 is 32.6 Å². The van der Waals surface area contributed by atoms with E-state index >= 15 is 0 Å². The van der Waals surface area contributed by atoms with Gasteiger partial charge in [-0.2, -0.15) is 13.2 Å². The van der Waals surface area contributed by atoms with Gasteiger partial charge in [0.1, 0.15) is 5.60 Å². The second kappa shape index (κ2) is 8.16. The normalized spacial score (nSPS) is 16.1. The molecular formula is C20H25BrF3NO4. The molecule has 2 rings (SSSR count). The third kappa shape index (κ3) is 5.43. The summed E-state index contributed by atoms with van der Waals surface area (Å²) < 4.78 is 46.2. The van der Waals surface area contributed by atoms with E-state index in [0.29, 0.717) is 12.8 Å². The highest BCUT2D eigenvalue weighted by Crippen LogP contribution is 2.40. The maximum absolute atomic E-state index is 13.6. The van der Waals surface area contributed by atoms with E-state index < -0.39 is 40.5 Å². The van der Waals surface area contributed by atoms with Crippen molar-refractivity contribution in [1.82, 2.24) is 4.90 Å². The molecular weight excluding hydrogens is 455 g/mol. The van der Waals surface area contributed by atoms with Crippen LogP contribution in [0.3, 0.4) is 0 Å². The molecule has 1 aliphatic rings. The molecule has 0 spiro atoms. The van der Waals surface area contributed by atoms with E-state index in [2.05, 4.69) is 15.9 Å². The van der Waals surface area contributed by atoms with E-state index in [9.17, 15) is 27.9 Å². The van der Waals surface area contributed by atoms with Crippen LogP contribution in [0.15, 0.2) is 12.1 Å². The molecule has 0 aromatic heterocycles. The Balaban J connectivity index is 2.51. The van der Waals surface area contributed by atoms with Gasteiger partial charge in [-0.25, -0.2) is 9.59 Å². The number of carbonyl (C=O) groups excluding carboxylic acids is 1. The van der Waals surface area contributed by atoms with Gasteiger partial charge in [-0.15, -0.1) is 0 Å². The highest BCUT2D eigenvalue weighted by molar-refractivity contribution is 9.08. The lowest BCUT2D eigenvalue weighted by atomic mass is 9.77. The molecule has 0 atom stereocenters. The summed E-state index contributed by atoms with van der Waals surface area (Å²) in [4.78, 5) is 25.8. The molecule has 162 valence electrons. The van der Waals surface area contributed by atoms with Crippen LogP contribution < -0.4 is 0 Å². The molecule has 0 radical (unpaired) electrons. The predicted octanol–water partition coefficient (Wildman–Crippen LogP) is 5.98. The van der Waals surface area contributed by atoms with E-state index in [-0.39, 0.29) is 23.0 Å². The number of amides is 1. The van der Waals surface area contributed by atoms with Crippen molar-refractivity contribution in [3.8, 4) is 0 Å². The fraction of sp³-hybridized carbons (Fsp3) is 0.600. The Labute approximate surface area is 176 Å². The summed E-state index contributed by atoms with van der Waals surface area (Å²) in [6.07, 6.45) is -3.06. The minimum Gasteiger partial charge on any atom is -0.478 e. The first kappa shape index (κ1) is 23.5. The van der Waals surface area contributed by atoms with Crippen LogP contribution in [0.4, 0.5) is 18.0 Å². The minimum absolute atomic E-state index is 0.0957. The fourth-order valence-corrected chi connectivity index (χ4v) is 3.95. The van der Waals surface area contributed by atoms with Gasteiger partial charge < -0.3 is 9.84 Å².